The van der Waals surface area contributed by atoms with Crippen molar-refractivity contribution in [2.24, 2.45) is 17.3 Å². The molecule has 36 heavy (non-hydrogen) atoms. The van der Waals surface area contributed by atoms with Crippen LogP contribution in [0.1, 0.15) is 44.4 Å². The number of fused-ring (bicyclic) bond motifs is 5. The number of ketones is 1. The lowest BCUT2D eigenvalue weighted by Crippen LogP contribution is -2.51. The maximum absolute atomic E-state index is 13.8. The van der Waals surface area contributed by atoms with Gasteiger partial charge in [-0.05, 0) is 49.8 Å². The topological polar surface area (TPSA) is 57.7 Å². The van der Waals surface area contributed by atoms with E-state index in [0.29, 0.717) is 0 Å². The summed E-state index contributed by atoms with van der Waals surface area (Å²) < 4.78 is 40.1. The fourth-order valence-corrected chi connectivity index (χ4v) is 5.78. The van der Waals surface area contributed by atoms with E-state index in [-0.39, 0.29) is 11.5 Å². The molecule has 3 aliphatic rings. The summed E-state index contributed by atoms with van der Waals surface area (Å²) in [6, 6.07) is 8.60. The number of nitrogens with zero attached hydrogens (tertiary/aromatic N) is 2. The van der Waals surface area contributed by atoms with E-state index in [4.69, 9.17) is 0 Å². The van der Waals surface area contributed by atoms with Crippen LogP contribution >= 0.6 is 0 Å². The van der Waals surface area contributed by atoms with Gasteiger partial charge in [-0.2, -0.15) is 13.2 Å². The van der Waals surface area contributed by atoms with Gasteiger partial charge in [-0.1, -0.05) is 44.5 Å². The number of rotatable bonds is 2. The number of hydrogen-bond donors (Lipinski definition) is 0. The molecule has 2 saturated heterocycles. The summed E-state index contributed by atoms with van der Waals surface area (Å²) in [5, 5.41) is 0. The highest BCUT2D eigenvalue weighted by molar-refractivity contribution is 6.25. The molecule has 0 unspecified atom stereocenters. The van der Waals surface area contributed by atoms with Gasteiger partial charge in [0.25, 0.3) is 0 Å². The zero-order valence-electron chi connectivity index (χ0n) is 20.7. The Kier molecular flexibility index (Phi) is 5.25. The molecule has 0 radical (unpaired) electrons. The first-order valence-electron chi connectivity index (χ1n) is 11.9. The molecule has 0 saturated carbocycles. The van der Waals surface area contributed by atoms with Crippen molar-refractivity contribution in [2.45, 2.75) is 52.9 Å². The zero-order valence-corrected chi connectivity index (χ0v) is 20.7. The van der Waals surface area contributed by atoms with Gasteiger partial charge in [0.05, 0.1) is 29.1 Å². The molecule has 2 aromatic rings. The molecule has 0 N–H and O–H groups in total. The minimum absolute atomic E-state index is 0.129. The summed E-state index contributed by atoms with van der Waals surface area (Å²) in [7, 11) is 0. The standard InChI is InChI=1S/C28H27F3N2O3/c1-14-9-10-19-18(11-14)15(2)12-20-21-22(23(33(19)20)24(34)27(3,4)5)26(36)32(25(21)35)17-8-6-7-16(13-17)28(29,30)31/h6-13,20-23H,1-5H3/t20-,21+,22-,23+/m1/s1. The highest BCUT2D eigenvalue weighted by atomic mass is 19.4. The zero-order chi connectivity index (χ0) is 26.3. The quantitative estimate of drug-likeness (QED) is 0.522. The van der Waals surface area contributed by atoms with E-state index < -0.39 is 52.9 Å². The van der Waals surface area contributed by atoms with Gasteiger partial charge in [0.2, 0.25) is 11.8 Å². The number of hydrogen-bond acceptors (Lipinski definition) is 4. The molecule has 3 aliphatic heterocycles. The summed E-state index contributed by atoms with van der Waals surface area (Å²) in [5.41, 5.74) is 1.81. The first kappa shape index (κ1) is 24.3. The van der Waals surface area contributed by atoms with Crippen LogP contribution in [0.3, 0.4) is 0 Å². The minimum Gasteiger partial charge on any atom is -0.353 e. The number of allylic oxidation sites excluding steroid dienone is 1. The number of carbonyl (C=O) groups is 3. The molecule has 4 atom stereocenters. The SMILES string of the molecule is CC1=C[C@@H]2[C@@H]3C(=O)N(c4cccc(C(F)(F)F)c4)C(=O)[C@H]3[C@@H](C(=O)C(C)(C)C)N2c2ccc(C)cc21. The molecule has 5 rings (SSSR count). The molecule has 0 aromatic heterocycles. The predicted octanol–water partition coefficient (Wildman–Crippen LogP) is 5.41. The van der Waals surface area contributed by atoms with E-state index in [1.165, 1.54) is 12.1 Å². The molecular formula is C28H27F3N2O3. The number of imide groups is 1. The summed E-state index contributed by atoms with van der Waals surface area (Å²) >= 11 is 0. The van der Waals surface area contributed by atoms with E-state index in [1.807, 2.05) is 43.0 Å². The van der Waals surface area contributed by atoms with Crippen molar-refractivity contribution in [3.8, 4) is 0 Å². The van der Waals surface area contributed by atoms with Crippen LogP contribution in [0.5, 0.6) is 0 Å². The number of anilines is 2. The van der Waals surface area contributed by atoms with Crippen molar-refractivity contribution in [2.75, 3.05) is 9.80 Å². The van der Waals surface area contributed by atoms with Gasteiger partial charge in [0, 0.05) is 16.7 Å². The summed E-state index contributed by atoms with van der Waals surface area (Å²) in [6.07, 6.45) is -2.71. The van der Waals surface area contributed by atoms with Crippen LogP contribution in [0.2, 0.25) is 0 Å². The average Bonchev–Trinajstić information content (AvgIpc) is 3.25. The van der Waals surface area contributed by atoms with Crippen molar-refractivity contribution in [3.63, 3.8) is 0 Å². The molecule has 0 spiro atoms. The lowest BCUT2D eigenvalue weighted by molar-refractivity contribution is -0.137. The van der Waals surface area contributed by atoms with Crippen molar-refractivity contribution >= 4 is 34.5 Å². The Hall–Kier alpha value is -3.42. The molecule has 5 nitrogen and oxygen atoms in total. The average molecular weight is 497 g/mol. The van der Waals surface area contributed by atoms with E-state index in [1.54, 1.807) is 20.8 Å². The third kappa shape index (κ3) is 3.49. The highest BCUT2D eigenvalue weighted by Gasteiger charge is 2.65. The van der Waals surface area contributed by atoms with Gasteiger partial charge < -0.3 is 4.90 Å². The Morgan fingerprint density at radius 1 is 0.917 bits per heavy atom. The van der Waals surface area contributed by atoms with Crippen LogP contribution in [0.4, 0.5) is 24.5 Å². The van der Waals surface area contributed by atoms with Crippen LogP contribution in [-0.2, 0) is 20.6 Å². The van der Waals surface area contributed by atoms with Crippen LogP contribution in [0.15, 0.2) is 48.5 Å². The lowest BCUT2D eigenvalue weighted by Gasteiger charge is -2.39. The molecule has 0 aliphatic carbocycles. The van der Waals surface area contributed by atoms with E-state index in [9.17, 15) is 27.6 Å². The molecule has 3 heterocycles. The maximum Gasteiger partial charge on any atom is 0.416 e. The summed E-state index contributed by atoms with van der Waals surface area (Å²) in [5.74, 6) is -3.29. The predicted molar refractivity (Wildman–Crippen MR) is 130 cm³/mol. The highest BCUT2D eigenvalue weighted by Crippen LogP contribution is 2.52. The molecule has 8 heteroatoms. The maximum atomic E-state index is 13.8. The van der Waals surface area contributed by atoms with E-state index in [0.717, 1.165) is 39.4 Å². The molecule has 0 bridgehead atoms. The number of halogens is 3. The second kappa shape index (κ2) is 7.79. The molecule has 2 amide bonds. The van der Waals surface area contributed by atoms with Crippen molar-refractivity contribution in [1.82, 2.24) is 0 Å². The fourth-order valence-electron chi connectivity index (χ4n) is 5.78. The Bertz CT molecular complexity index is 1340. The first-order valence-corrected chi connectivity index (χ1v) is 11.9. The van der Waals surface area contributed by atoms with Crippen LogP contribution in [-0.4, -0.2) is 29.7 Å². The van der Waals surface area contributed by atoms with Crippen molar-refractivity contribution in [3.05, 3.63) is 65.2 Å². The fraction of sp³-hybridized carbons (Fsp3) is 0.393. The van der Waals surface area contributed by atoms with Gasteiger partial charge in [-0.3, -0.25) is 14.4 Å². The third-order valence-corrected chi connectivity index (χ3v) is 7.44. The third-order valence-electron chi connectivity index (χ3n) is 7.44. The van der Waals surface area contributed by atoms with E-state index >= 15 is 0 Å². The normalized spacial score (nSPS) is 25.5. The number of carbonyl (C=O) groups excluding carboxylic acids is 3. The Labute approximate surface area is 207 Å². The second-order valence-corrected chi connectivity index (χ2v) is 10.9. The number of aryl methyl sites for hydroxylation is 1. The molecule has 2 fully saturated rings. The van der Waals surface area contributed by atoms with Crippen molar-refractivity contribution < 1.29 is 27.6 Å². The van der Waals surface area contributed by atoms with Crippen LogP contribution in [0.25, 0.3) is 5.57 Å². The largest absolute Gasteiger partial charge is 0.416 e. The van der Waals surface area contributed by atoms with Crippen molar-refractivity contribution in [1.29, 1.82) is 0 Å². The van der Waals surface area contributed by atoms with Gasteiger partial charge in [0.1, 0.15) is 6.04 Å². The number of alkyl halides is 3. The Morgan fingerprint density at radius 3 is 2.22 bits per heavy atom. The number of amides is 2. The smallest absolute Gasteiger partial charge is 0.353 e. The van der Waals surface area contributed by atoms with Gasteiger partial charge in [-0.15, -0.1) is 0 Å². The molecule has 188 valence electrons. The van der Waals surface area contributed by atoms with Crippen LogP contribution in [0, 0.1) is 24.2 Å². The van der Waals surface area contributed by atoms with Gasteiger partial charge in [-0.25, -0.2) is 4.90 Å². The number of benzene rings is 2. The Balaban J connectivity index is 1.66. The summed E-state index contributed by atoms with van der Waals surface area (Å²) in [6.45, 7) is 9.20. The lowest BCUT2D eigenvalue weighted by atomic mass is 9.79. The number of Topliss-reactive ketones (excluding diaryl/α,β-unsaturated/α-hetero) is 1. The van der Waals surface area contributed by atoms with Gasteiger partial charge >= 0.3 is 6.18 Å². The molecular weight excluding hydrogens is 469 g/mol. The minimum atomic E-state index is -4.62. The Morgan fingerprint density at radius 2 is 1.58 bits per heavy atom. The van der Waals surface area contributed by atoms with E-state index in [2.05, 4.69) is 0 Å². The van der Waals surface area contributed by atoms with Gasteiger partial charge in [0.15, 0.2) is 5.78 Å². The molecule has 2 aromatic carbocycles. The monoisotopic (exact) mass is 496 g/mol. The summed E-state index contributed by atoms with van der Waals surface area (Å²) in [4.78, 5) is 44.1. The first-order chi connectivity index (χ1) is 16.7. The second-order valence-electron chi connectivity index (χ2n) is 10.9. The van der Waals surface area contributed by atoms with Crippen LogP contribution < -0.4 is 9.80 Å².